The maximum atomic E-state index is 12.8. The smallest absolute Gasteiger partial charge is 0.275 e. The first kappa shape index (κ1) is 16.1. The first-order valence-corrected chi connectivity index (χ1v) is 8.50. The average molecular weight is 349 g/mol. The van der Waals surface area contributed by atoms with E-state index in [1.165, 1.54) is 0 Å². The number of hydrogen-bond donors (Lipinski definition) is 2. The number of nitrogens with one attached hydrogen (secondary N) is 1. The molecule has 26 heavy (non-hydrogen) atoms. The summed E-state index contributed by atoms with van der Waals surface area (Å²) < 4.78 is 0. The van der Waals surface area contributed by atoms with Gasteiger partial charge in [-0.1, -0.05) is 18.2 Å². The minimum Gasteiger partial charge on any atom is -0.399 e. The Labute approximate surface area is 150 Å². The largest absolute Gasteiger partial charge is 0.399 e. The number of nitrogens with zero attached hydrogens (tertiary/aromatic N) is 3. The summed E-state index contributed by atoms with van der Waals surface area (Å²) in [7, 11) is 0. The van der Waals surface area contributed by atoms with Gasteiger partial charge in [-0.3, -0.25) is 14.7 Å². The van der Waals surface area contributed by atoms with Crippen LogP contribution in [0.25, 0.3) is 10.9 Å². The van der Waals surface area contributed by atoms with Crippen LogP contribution in [-0.2, 0) is 0 Å². The van der Waals surface area contributed by atoms with Gasteiger partial charge < -0.3 is 15.5 Å². The Balaban J connectivity index is 1.44. The van der Waals surface area contributed by atoms with Crippen LogP contribution in [0.15, 0.2) is 48.5 Å². The molecule has 132 valence electrons. The summed E-state index contributed by atoms with van der Waals surface area (Å²) in [6, 6.07) is 14.4. The summed E-state index contributed by atoms with van der Waals surface area (Å²) in [6.07, 6.45) is 0. The molecule has 3 aromatic rings. The number of para-hydroxylation sites is 1. The Morgan fingerprint density at radius 2 is 1.50 bits per heavy atom. The molecule has 7 heteroatoms. The molecule has 0 spiro atoms. The zero-order chi connectivity index (χ0) is 18.1. The first-order valence-electron chi connectivity index (χ1n) is 8.50. The number of hydrogen-bond acceptors (Lipinski definition) is 4. The van der Waals surface area contributed by atoms with Crippen LogP contribution >= 0.6 is 0 Å². The molecular weight excluding hydrogens is 330 g/mol. The Morgan fingerprint density at radius 3 is 2.19 bits per heavy atom. The van der Waals surface area contributed by atoms with Crippen LogP contribution in [0.3, 0.4) is 0 Å². The monoisotopic (exact) mass is 349 g/mol. The Bertz CT molecular complexity index is 955. The zero-order valence-electron chi connectivity index (χ0n) is 14.2. The minimum atomic E-state index is -0.109. The lowest BCUT2D eigenvalue weighted by Crippen LogP contribution is -2.50. The summed E-state index contributed by atoms with van der Waals surface area (Å²) in [6.45, 7) is 1.97. The molecule has 4 rings (SSSR count). The summed E-state index contributed by atoms with van der Waals surface area (Å²) in [5.41, 5.74) is 8.17. The number of amides is 2. The van der Waals surface area contributed by atoms with Crippen LogP contribution in [0.5, 0.6) is 0 Å². The van der Waals surface area contributed by atoms with Gasteiger partial charge in [-0.15, -0.1) is 0 Å². The van der Waals surface area contributed by atoms with Crippen molar-refractivity contribution in [1.82, 2.24) is 20.0 Å². The molecule has 2 aromatic carbocycles. The molecule has 1 aliphatic heterocycles. The topological polar surface area (TPSA) is 95.3 Å². The lowest BCUT2D eigenvalue weighted by molar-refractivity contribution is 0.0533. The fourth-order valence-electron chi connectivity index (χ4n) is 3.20. The lowest BCUT2D eigenvalue weighted by atomic mass is 10.1. The summed E-state index contributed by atoms with van der Waals surface area (Å²) >= 11 is 0. The van der Waals surface area contributed by atoms with Gasteiger partial charge in [-0.05, 0) is 30.3 Å². The van der Waals surface area contributed by atoms with E-state index in [4.69, 9.17) is 5.73 Å². The van der Waals surface area contributed by atoms with Crippen LogP contribution < -0.4 is 5.73 Å². The molecule has 0 unspecified atom stereocenters. The van der Waals surface area contributed by atoms with E-state index >= 15 is 0 Å². The number of carbonyl (C=O) groups is 2. The van der Waals surface area contributed by atoms with E-state index in [2.05, 4.69) is 10.2 Å². The molecule has 7 nitrogen and oxygen atoms in total. The highest BCUT2D eigenvalue weighted by atomic mass is 16.2. The number of H-pyrrole nitrogens is 1. The molecule has 1 fully saturated rings. The second kappa shape index (κ2) is 6.51. The van der Waals surface area contributed by atoms with E-state index in [0.717, 1.165) is 10.9 Å². The van der Waals surface area contributed by atoms with Crippen molar-refractivity contribution in [1.29, 1.82) is 0 Å². The number of benzene rings is 2. The van der Waals surface area contributed by atoms with Gasteiger partial charge >= 0.3 is 0 Å². The van der Waals surface area contributed by atoms with Crippen molar-refractivity contribution < 1.29 is 9.59 Å². The number of carbonyl (C=O) groups excluding carboxylic acids is 2. The van der Waals surface area contributed by atoms with Crippen LogP contribution in [-0.4, -0.2) is 58.0 Å². The predicted octanol–water partition coefficient (Wildman–Crippen LogP) is 1.74. The Hall–Kier alpha value is -3.35. The van der Waals surface area contributed by atoms with E-state index in [1.807, 2.05) is 24.3 Å². The van der Waals surface area contributed by atoms with E-state index in [9.17, 15) is 9.59 Å². The quantitative estimate of drug-likeness (QED) is 0.689. The van der Waals surface area contributed by atoms with Gasteiger partial charge in [0.15, 0.2) is 5.69 Å². The molecule has 1 aromatic heterocycles. The molecule has 2 heterocycles. The van der Waals surface area contributed by atoms with Crippen molar-refractivity contribution in [2.45, 2.75) is 0 Å². The molecule has 0 atom stereocenters. The number of nitrogen functional groups attached to an aromatic ring is 1. The number of fused-ring (bicyclic) bond motifs is 1. The van der Waals surface area contributed by atoms with E-state index in [0.29, 0.717) is 43.1 Å². The number of rotatable bonds is 2. The van der Waals surface area contributed by atoms with E-state index < -0.39 is 0 Å². The summed E-state index contributed by atoms with van der Waals surface area (Å²) in [5, 5.41) is 7.88. The molecule has 2 amide bonds. The third-order valence-corrected chi connectivity index (χ3v) is 4.68. The zero-order valence-corrected chi connectivity index (χ0v) is 14.2. The third kappa shape index (κ3) is 2.88. The van der Waals surface area contributed by atoms with Gasteiger partial charge in [0.05, 0.1) is 5.52 Å². The number of aromatic nitrogens is 2. The van der Waals surface area contributed by atoms with Crippen molar-refractivity contribution in [2.24, 2.45) is 0 Å². The minimum absolute atomic E-state index is 0.0395. The normalized spacial score (nSPS) is 14.6. The van der Waals surface area contributed by atoms with Crippen LogP contribution in [0.2, 0.25) is 0 Å². The molecule has 3 N–H and O–H groups in total. The fraction of sp³-hybridized carbons (Fsp3) is 0.211. The SMILES string of the molecule is Nc1ccc(C(=O)N2CCN(C(=O)c3n[nH]c4ccccc34)CC2)cc1. The van der Waals surface area contributed by atoms with Crippen LogP contribution in [0.1, 0.15) is 20.8 Å². The van der Waals surface area contributed by atoms with Crippen LogP contribution in [0, 0.1) is 0 Å². The van der Waals surface area contributed by atoms with Gasteiger partial charge in [0.1, 0.15) is 0 Å². The van der Waals surface area contributed by atoms with Gasteiger partial charge in [-0.2, -0.15) is 5.10 Å². The van der Waals surface area contributed by atoms with Gasteiger partial charge in [0, 0.05) is 42.8 Å². The number of nitrogens with two attached hydrogens (primary N) is 1. The second-order valence-electron chi connectivity index (χ2n) is 6.32. The van der Waals surface area contributed by atoms with Crippen molar-refractivity contribution >= 4 is 28.4 Å². The van der Waals surface area contributed by atoms with E-state index in [-0.39, 0.29) is 11.8 Å². The van der Waals surface area contributed by atoms with E-state index in [1.54, 1.807) is 34.1 Å². The highest BCUT2D eigenvalue weighted by Crippen LogP contribution is 2.18. The van der Waals surface area contributed by atoms with Gasteiger partial charge in [-0.25, -0.2) is 0 Å². The van der Waals surface area contributed by atoms with Crippen molar-refractivity contribution in [2.75, 3.05) is 31.9 Å². The van der Waals surface area contributed by atoms with Gasteiger partial charge in [0.2, 0.25) is 0 Å². The number of piperazine rings is 1. The fourth-order valence-corrected chi connectivity index (χ4v) is 3.20. The van der Waals surface area contributed by atoms with Crippen molar-refractivity contribution in [3.63, 3.8) is 0 Å². The molecular formula is C19H19N5O2. The first-order chi connectivity index (χ1) is 12.6. The Kier molecular flexibility index (Phi) is 4.04. The van der Waals surface area contributed by atoms with Crippen molar-refractivity contribution in [3.8, 4) is 0 Å². The lowest BCUT2D eigenvalue weighted by Gasteiger charge is -2.34. The molecule has 0 aliphatic carbocycles. The second-order valence-corrected chi connectivity index (χ2v) is 6.32. The third-order valence-electron chi connectivity index (χ3n) is 4.68. The maximum absolute atomic E-state index is 12.8. The number of aromatic amines is 1. The Morgan fingerprint density at radius 1 is 0.885 bits per heavy atom. The summed E-state index contributed by atoms with van der Waals surface area (Å²) in [4.78, 5) is 28.8. The highest BCUT2D eigenvalue weighted by molar-refractivity contribution is 6.04. The molecule has 0 saturated carbocycles. The van der Waals surface area contributed by atoms with Crippen LogP contribution in [0.4, 0.5) is 5.69 Å². The molecule has 0 bridgehead atoms. The van der Waals surface area contributed by atoms with Crippen molar-refractivity contribution in [3.05, 3.63) is 59.8 Å². The molecule has 1 saturated heterocycles. The standard InChI is InChI=1S/C19H19N5O2/c20-14-7-5-13(6-8-14)18(25)23-9-11-24(12-10-23)19(26)17-15-3-1-2-4-16(15)21-22-17/h1-8H,9-12,20H2,(H,21,22). The molecule has 1 aliphatic rings. The highest BCUT2D eigenvalue weighted by Gasteiger charge is 2.27. The maximum Gasteiger partial charge on any atom is 0.275 e. The average Bonchev–Trinajstić information content (AvgIpc) is 3.12. The van der Waals surface area contributed by atoms with Gasteiger partial charge in [0.25, 0.3) is 11.8 Å². The predicted molar refractivity (Wildman–Crippen MR) is 98.8 cm³/mol. The summed E-state index contributed by atoms with van der Waals surface area (Å²) in [5.74, 6) is -0.149. The molecule has 0 radical (unpaired) electrons. The number of anilines is 1.